The van der Waals surface area contributed by atoms with Crippen molar-refractivity contribution < 1.29 is 0 Å². The van der Waals surface area contributed by atoms with Gasteiger partial charge in [-0.2, -0.15) is 0 Å². The lowest BCUT2D eigenvalue weighted by Gasteiger charge is -2.41. The van der Waals surface area contributed by atoms with Gasteiger partial charge in [0.2, 0.25) is 0 Å². The number of hydrogen-bond acceptors (Lipinski definition) is 2. The molecular weight excluding hydrogens is 196 g/mol. The first-order valence-electron chi connectivity index (χ1n) is 7.21. The zero-order chi connectivity index (χ0) is 11.4. The summed E-state index contributed by atoms with van der Waals surface area (Å²) >= 11 is 0. The van der Waals surface area contributed by atoms with Gasteiger partial charge in [-0.1, -0.05) is 26.7 Å². The van der Waals surface area contributed by atoms with Crippen LogP contribution < -0.4 is 5.32 Å². The molecule has 0 spiro atoms. The van der Waals surface area contributed by atoms with E-state index >= 15 is 0 Å². The predicted molar refractivity (Wildman–Crippen MR) is 69.7 cm³/mol. The third-order valence-corrected chi connectivity index (χ3v) is 5.14. The molecule has 0 atom stereocenters. The summed E-state index contributed by atoms with van der Waals surface area (Å²) in [6.45, 7) is 11.3. The van der Waals surface area contributed by atoms with Crippen LogP contribution in [0.25, 0.3) is 0 Å². The van der Waals surface area contributed by atoms with Crippen LogP contribution in [0.5, 0.6) is 0 Å². The van der Waals surface area contributed by atoms with E-state index in [4.69, 9.17) is 0 Å². The Morgan fingerprint density at radius 3 is 2.19 bits per heavy atom. The first-order valence-corrected chi connectivity index (χ1v) is 7.21. The van der Waals surface area contributed by atoms with Crippen LogP contribution in [0.15, 0.2) is 0 Å². The fourth-order valence-corrected chi connectivity index (χ4v) is 3.13. The molecule has 0 aromatic rings. The quantitative estimate of drug-likeness (QED) is 0.772. The summed E-state index contributed by atoms with van der Waals surface area (Å²) < 4.78 is 0. The van der Waals surface area contributed by atoms with Gasteiger partial charge in [-0.05, 0) is 63.3 Å². The molecule has 2 nitrogen and oxygen atoms in total. The highest BCUT2D eigenvalue weighted by molar-refractivity contribution is 4.85. The van der Waals surface area contributed by atoms with Crippen molar-refractivity contribution in [2.75, 3.05) is 32.7 Å². The number of nitrogens with zero attached hydrogens (tertiary/aromatic N) is 1. The number of hydrogen-bond donors (Lipinski definition) is 1. The van der Waals surface area contributed by atoms with Crippen molar-refractivity contribution in [2.24, 2.45) is 11.3 Å². The van der Waals surface area contributed by atoms with Crippen molar-refractivity contribution in [1.82, 2.24) is 10.2 Å². The minimum Gasteiger partial charge on any atom is -0.316 e. The van der Waals surface area contributed by atoms with Crippen molar-refractivity contribution in [2.45, 2.75) is 46.0 Å². The maximum atomic E-state index is 3.36. The molecule has 2 aliphatic heterocycles. The molecule has 2 saturated heterocycles. The van der Waals surface area contributed by atoms with Gasteiger partial charge in [0.1, 0.15) is 0 Å². The number of rotatable bonds is 5. The van der Waals surface area contributed by atoms with Gasteiger partial charge >= 0.3 is 0 Å². The average Bonchev–Trinajstić information content (AvgIpc) is 2.28. The Hall–Kier alpha value is -0.0800. The van der Waals surface area contributed by atoms with E-state index in [1.54, 1.807) is 0 Å². The Morgan fingerprint density at radius 2 is 1.75 bits per heavy atom. The maximum Gasteiger partial charge on any atom is -0.000778 e. The smallest absolute Gasteiger partial charge is 0.000778 e. The molecule has 2 rings (SSSR count). The Labute approximate surface area is 101 Å². The van der Waals surface area contributed by atoms with Crippen LogP contribution in [-0.4, -0.2) is 37.6 Å². The monoisotopic (exact) mass is 224 g/mol. The van der Waals surface area contributed by atoms with Crippen molar-refractivity contribution in [1.29, 1.82) is 0 Å². The summed E-state index contributed by atoms with van der Waals surface area (Å²) in [7, 11) is 0. The Morgan fingerprint density at radius 1 is 1.12 bits per heavy atom. The lowest BCUT2D eigenvalue weighted by molar-refractivity contribution is 0.0889. The van der Waals surface area contributed by atoms with E-state index in [0.717, 1.165) is 5.92 Å². The van der Waals surface area contributed by atoms with Crippen molar-refractivity contribution in [3.63, 3.8) is 0 Å². The molecule has 16 heavy (non-hydrogen) atoms. The fourth-order valence-electron chi connectivity index (χ4n) is 3.13. The number of likely N-dealkylation sites (tertiary alicyclic amines) is 1. The van der Waals surface area contributed by atoms with Crippen LogP contribution in [0.1, 0.15) is 46.0 Å². The van der Waals surface area contributed by atoms with E-state index in [9.17, 15) is 0 Å². The summed E-state index contributed by atoms with van der Waals surface area (Å²) in [6, 6.07) is 0. The standard InChI is InChI=1S/C14H28N2/c1-3-14(4-2)6-9-16(10-7-14)8-5-13-11-15-12-13/h13,15H,3-12H2,1-2H3. The summed E-state index contributed by atoms with van der Waals surface area (Å²) in [5, 5.41) is 3.36. The van der Waals surface area contributed by atoms with E-state index in [1.165, 1.54) is 64.8 Å². The molecule has 0 saturated carbocycles. The minimum absolute atomic E-state index is 0.689. The molecule has 0 amide bonds. The first kappa shape index (κ1) is 12.4. The molecule has 2 fully saturated rings. The summed E-state index contributed by atoms with van der Waals surface area (Å²) in [4.78, 5) is 2.70. The number of nitrogens with one attached hydrogen (secondary N) is 1. The normalized spacial score (nSPS) is 26.6. The SMILES string of the molecule is CCC1(CC)CCN(CCC2CNC2)CC1. The molecule has 1 N–H and O–H groups in total. The Bertz CT molecular complexity index is 197. The highest BCUT2D eigenvalue weighted by atomic mass is 15.1. The molecule has 0 aliphatic carbocycles. The van der Waals surface area contributed by atoms with Gasteiger partial charge in [0.25, 0.3) is 0 Å². The molecule has 0 aromatic carbocycles. The maximum absolute atomic E-state index is 3.36. The third-order valence-electron chi connectivity index (χ3n) is 5.14. The van der Waals surface area contributed by atoms with Gasteiger partial charge in [-0.15, -0.1) is 0 Å². The second-order valence-electron chi connectivity index (χ2n) is 5.86. The molecule has 94 valence electrons. The lowest BCUT2D eigenvalue weighted by atomic mass is 9.74. The molecule has 0 unspecified atom stereocenters. The molecule has 0 bridgehead atoms. The second kappa shape index (κ2) is 5.50. The summed E-state index contributed by atoms with van der Waals surface area (Å²) in [5.74, 6) is 0.976. The Kier molecular flexibility index (Phi) is 4.26. The fraction of sp³-hybridized carbons (Fsp3) is 1.00. The van der Waals surface area contributed by atoms with E-state index in [2.05, 4.69) is 24.1 Å². The highest BCUT2D eigenvalue weighted by Gasteiger charge is 2.31. The molecule has 2 heteroatoms. The van der Waals surface area contributed by atoms with Gasteiger partial charge in [0, 0.05) is 0 Å². The second-order valence-corrected chi connectivity index (χ2v) is 5.86. The van der Waals surface area contributed by atoms with Crippen LogP contribution in [0.2, 0.25) is 0 Å². The van der Waals surface area contributed by atoms with Gasteiger partial charge in [-0.25, -0.2) is 0 Å². The molecule has 2 aliphatic rings. The van der Waals surface area contributed by atoms with Gasteiger partial charge < -0.3 is 10.2 Å². The van der Waals surface area contributed by atoms with Crippen LogP contribution in [-0.2, 0) is 0 Å². The van der Waals surface area contributed by atoms with E-state index < -0.39 is 0 Å². The van der Waals surface area contributed by atoms with Crippen LogP contribution >= 0.6 is 0 Å². The lowest BCUT2D eigenvalue weighted by Crippen LogP contribution is -2.45. The summed E-state index contributed by atoms with van der Waals surface area (Å²) in [5.41, 5.74) is 0.689. The van der Waals surface area contributed by atoms with Crippen LogP contribution in [0.3, 0.4) is 0 Å². The zero-order valence-corrected chi connectivity index (χ0v) is 11.1. The molecular formula is C14H28N2. The van der Waals surface area contributed by atoms with E-state index in [1.807, 2.05) is 0 Å². The van der Waals surface area contributed by atoms with E-state index in [-0.39, 0.29) is 0 Å². The molecule has 2 heterocycles. The van der Waals surface area contributed by atoms with Crippen molar-refractivity contribution in [3.8, 4) is 0 Å². The number of piperidine rings is 1. The van der Waals surface area contributed by atoms with Crippen molar-refractivity contribution >= 4 is 0 Å². The van der Waals surface area contributed by atoms with Crippen molar-refractivity contribution in [3.05, 3.63) is 0 Å². The summed E-state index contributed by atoms with van der Waals surface area (Å²) in [6.07, 6.45) is 7.04. The minimum atomic E-state index is 0.689. The van der Waals surface area contributed by atoms with E-state index in [0.29, 0.717) is 5.41 Å². The third kappa shape index (κ3) is 2.78. The highest BCUT2D eigenvalue weighted by Crippen LogP contribution is 2.37. The molecule has 0 aromatic heterocycles. The van der Waals surface area contributed by atoms with Gasteiger partial charge in [-0.3, -0.25) is 0 Å². The van der Waals surface area contributed by atoms with Crippen LogP contribution in [0.4, 0.5) is 0 Å². The van der Waals surface area contributed by atoms with Gasteiger partial charge in [0.15, 0.2) is 0 Å². The first-order chi connectivity index (χ1) is 7.78. The zero-order valence-electron chi connectivity index (χ0n) is 11.1. The average molecular weight is 224 g/mol. The topological polar surface area (TPSA) is 15.3 Å². The Balaban J connectivity index is 1.67. The largest absolute Gasteiger partial charge is 0.316 e. The van der Waals surface area contributed by atoms with Crippen LogP contribution in [0, 0.1) is 11.3 Å². The predicted octanol–water partition coefficient (Wildman–Crippen LogP) is 2.50. The van der Waals surface area contributed by atoms with Gasteiger partial charge in [0.05, 0.1) is 0 Å². The molecule has 0 radical (unpaired) electrons.